The lowest BCUT2D eigenvalue weighted by Gasteiger charge is -1.97. The Morgan fingerprint density at radius 3 is 2.61 bits per heavy atom. The zero-order chi connectivity index (χ0) is 11.9. The molecule has 1 saturated carbocycles. The van der Waals surface area contributed by atoms with Gasteiger partial charge in [-0.3, -0.25) is 0 Å². The molecule has 0 amide bonds. The first-order valence-electron chi connectivity index (χ1n) is 6.41. The van der Waals surface area contributed by atoms with Crippen LogP contribution in [0.25, 0.3) is 5.52 Å². The summed E-state index contributed by atoms with van der Waals surface area (Å²) in [5.74, 6) is 1.27. The van der Waals surface area contributed by atoms with Gasteiger partial charge in [-0.1, -0.05) is 36.4 Å². The molecular weight excluding hydrogens is 220 g/mol. The van der Waals surface area contributed by atoms with E-state index in [9.17, 15) is 0 Å². The molecule has 0 radical (unpaired) electrons. The first kappa shape index (κ1) is 9.89. The Morgan fingerprint density at radius 2 is 1.78 bits per heavy atom. The molecule has 0 aliphatic heterocycles. The summed E-state index contributed by atoms with van der Waals surface area (Å²) < 4.78 is 1.97. The summed E-state index contributed by atoms with van der Waals surface area (Å²) in [7, 11) is 0. The minimum atomic E-state index is 0.604. The van der Waals surface area contributed by atoms with Gasteiger partial charge in [-0.05, 0) is 36.1 Å². The highest BCUT2D eigenvalue weighted by Crippen LogP contribution is 2.54. The average molecular weight is 234 g/mol. The summed E-state index contributed by atoms with van der Waals surface area (Å²) in [6, 6.07) is 19.2. The molecule has 2 atom stereocenters. The molecule has 1 aliphatic carbocycles. The second kappa shape index (κ2) is 3.70. The van der Waals surface area contributed by atoms with Crippen molar-refractivity contribution in [2.24, 2.45) is 0 Å². The van der Waals surface area contributed by atoms with E-state index in [1.807, 2.05) is 16.8 Å². The van der Waals surface area contributed by atoms with Crippen molar-refractivity contribution >= 4 is 5.52 Å². The average Bonchev–Trinajstić information content (AvgIpc) is 3.12. The summed E-state index contributed by atoms with van der Waals surface area (Å²) in [5, 5.41) is 4.67. The van der Waals surface area contributed by atoms with Crippen molar-refractivity contribution in [1.29, 1.82) is 0 Å². The lowest BCUT2D eigenvalue weighted by molar-refractivity contribution is 0.876. The number of fused-ring (bicyclic) bond motifs is 1. The fourth-order valence-corrected chi connectivity index (χ4v) is 2.73. The van der Waals surface area contributed by atoms with Gasteiger partial charge in [0.15, 0.2) is 0 Å². The number of rotatable bonds is 2. The third-order valence-corrected chi connectivity index (χ3v) is 3.79. The molecule has 2 heteroatoms. The van der Waals surface area contributed by atoms with E-state index in [4.69, 9.17) is 0 Å². The van der Waals surface area contributed by atoms with E-state index in [1.165, 1.54) is 23.2 Å². The minimum absolute atomic E-state index is 0.604. The summed E-state index contributed by atoms with van der Waals surface area (Å²) in [5.41, 5.74) is 3.86. The molecule has 4 rings (SSSR count). The van der Waals surface area contributed by atoms with Gasteiger partial charge in [0, 0.05) is 12.1 Å². The summed E-state index contributed by atoms with van der Waals surface area (Å²) >= 11 is 0. The predicted octanol–water partition coefficient (Wildman–Crippen LogP) is 3.61. The van der Waals surface area contributed by atoms with Crippen LogP contribution in [0.2, 0.25) is 0 Å². The van der Waals surface area contributed by atoms with Crippen LogP contribution in [0.15, 0.2) is 60.8 Å². The van der Waals surface area contributed by atoms with E-state index in [-0.39, 0.29) is 0 Å². The molecule has 0 saturated heterocycles. The number of aromatic nitrogens is 2. The van der Waals surface area contributed by atoms with Gasteiger partial charge >= 0.3 is 0 Å². The third kappa shape index (κ3) is 1.53. The van der Waals surface area contributed by atoms with Crippen LogP contribution in [0.5, 0.6) is 0 Å². The molecule has 1 aliphatic rings. The number of pyridine rings is 1. The monoisotopic (exact) mass is 234 g/mol. The molecule has 0 spiro atoms. The van der Waals surface area contributed by atoms with Crippen LogP contribution in [0.4, 0.5) is 0 Å². The van der Waals surface area contributed by atoms with Crippen LogP contribution in [0, 0.1) is 0 Å². The van der Waals surface area contributed by atoms with E-state index < -0.39 is 0 Å². The Kier molecular flexibility index (Phi) is 2.04. The molecule has 2 unspecified atom stereocenters. The van der Waals surface area contributed by atoms with Gasteiger partial charge < -0.3 is 0 Å². The van der Waals surface area contributed by atoms with Crippen molar-refractivity contribution < 1.29 is 0 Å². The molecule has 0 bridgehead atoms. The Bertz CT molecular complexity index is 651. The smallest absolute Gasteiger partial charge is 0.0672 e. The Labute approximate surface area is 106 Å². The molecule has 1 fully saturated rings. The van der Waals surface area contributed by atoms with E-state index in [2.05, 4.69) is 53.6 Å². The highest BCUT2D eigenvalue weighted by Gasteiger charge is 2.41. The van der Waals surface area contributed by atoms with Gasteiger partial charge in [-0.15, -0.1) is 0 Å². The van der Waals surface area contributed by atoms with Gasteiger partial charge in [-0.25, -0.2) is 4.52 Å². The quantitative estimate of drug-likeness (QED) is 0.662. The van der Waals surface area contributed by atoms with Crippen LogP contribution >= 0.6 is 0 Å². The van der Waals surface area contributed by atoms with Crippen molar-refractivity contribution in [3.05, 3.63) is 72.1 Å². The second-order valence-corrected chi connectivity index (χ2v) is 5.00. The maximum atomic E-state index is 4.67. The zero-order valence-electron chi connectivity index (χ0n) is 10.0. The lowest BCUT2D eigenvalue weighted by Crippen LogP contribution is -1.88. The molecular formula is C16H14N2. The lowest BCUT2D eigenvalue weighted by atomic mass is 10.1. The van der Waals surface area contributed by atoms with Gasteiger partial charge in [0.1, 0.15) is 0 Å². The normalized spacial score (nSPS) is 22.2. The number of hydrogen-bond acceptors (Lipinski definition) is 1. The van der Waals surface area contributed by atoms with Crippen molar-refractivity contribution in [3.8, 4) is 0 Å². The van der Waals surface area contributed by atoms with Gasteiger partial charge in [-0.2, -0.15) is 5.10 Å². The third-order valence-electron chi connectivity index (χ3n) is 3.79. The van der Waals surface area contributed by atoms with Crippen LogP contribution in [-0.4, -0.2) is 9.61 Å². The first-order chi connectivity index (χ1) is 8.92. The molecule has 88 valence electrons. The highest BCUT2D eigenvalue weighted by atomic mass is 15.2. The van der Waals surface area contributed by atoms with Crippen molar-refractivity contribution in [2.75, 3.05) is 0 Å². The van der Waals surface area contributed by atoms with Gasteiger partial charge in [0.2, 0.25) is 0 Å². The summed E-state index contributed by atoms with van der Waals surface area (Å²) in [6.45, 7) is 0. The number of benzene rings is 1. The Hall–Kier alpha value is -2.09. The van der Waals surface area contributed by atoms with Crippen molar-refractivity contribution in [3.63, 3.8) is 0 Å². The van der Waals surface area contributed by atoms with Crippen LogP contribution < -0.4 is 0 Å². The maximum Gasteiger partial charge on any atom is 0.0672 e. The standard InChI is InChI=1S/C16H14N2/c1-2-6-12(7-3-1)14-11-15(14)16-10-13-8-4-5-9-18(13)17-16/h1-10,14-15H,11H2. The molecule has 18 heavy (non-hydrogen) atoms. The maximum absolute atomic E-state index is 4.67. The molecule has 0 N–H and O–H groups in total. The molecule has 2 nitrogen and oxygen atoms in total. The first-order valence-corrected chi connectivity index (χ1v) is 6.41. The van der Waals surface area contributed by atoms with E-state index >= 15 is 0 Å². The van der Waals surface area contributed by atoms with E-state index in [0.717, 1.165) is 0 Å². The summed E-state index contributed by atoms with van der Waals surface area (Å²) in [4.78, 5) is 0. The minimum Gasteiger partial charge on any atom is -0.241 e. The molecule has 2 heterocycles. The second-order valence-electron chi connectivity index (χ2n) is 5.00. The van der Waals surface area contributed by atoms with Crippen LogP contribution in [0.1, 0.15) is 29.5 Å². The van der Waals surface area contributed by atoms with E-state index in [0.29, 0.717) is 11.8 Å². The number of nitrogens with zero attached hydrogens (tertiary/aromatic N) is 2. The Morgan fingerprint density at radius 1 is 0.944 bits per heavy atom. The fraction of sp³-hybridized carbons (Fsp3) is 0.188. The predicted molar refractivity (Wildman–Crippen MR) is 71.7 cm³/mol. The molecule has 3 aromatic rings. The fourth-order valence-electron chi connectivity index (χ4n) is 2.73. The topological polar surface area (TPSA) is 17.3 Å². The van der Waals surface area contributed by atoms with Gasteiger partial charge in [0.25, 0.3) is 0 Å². The van der Waals surface area contributed by atoms with E-state index in [1.54, 1.807) is 0 Å². The largest absolute Gasteiger partial charge is 0.241 e. The zero-order valence-corrected chi connectivity index (χ0v) is 10.0. The molecule has 2 aromatic heterocycles. The SMILES string of the molecule is c1ccc(C2CC2c2cc3ccccn3n2)cc1. The summed E-state index contributed by atoms with van der Waals surface area (Å²) in [6.07, 6.45) is 3.24. The van der Waals surface area contributed by atoms with Crippen LogP contribution in [0.3, 0.4) is 0 Å². The van der Waals surface area contributed by atoms with Crippen molar-refractivity contribution in [1.82, 2.24) is 9.61 Å². The Balaban J connectivity index is 1.66. The van der Waals surface area contributed by atoms with Crippen molar-refractivity contribution in [2.45, 2.75) is 18.3 Å². The van der Waals surface area contributed by atoms with Crippen LogP contribution in [-0.2, 0) is 0 Å². The molecule has 1 aromatic carbocycles. The highest BCUT2D eigenvalue weighted by molar-refractivity contribution is 5.49. The number of hydrogen-bond donors (Lipinski definition) is 0. The van der Waals surface area contributed by atoms with Gasteiger partial charge in [0.05, 0.1) is 11.2 Å².